The van der Waals surface area contributed by atoms with Crippen LogP contribution in [0.1, 0.15) is 0 Å². The second-order valence-electron chi connectivity index (χ2n) is 1.60. The summed E-state index contributed by atoms with van der Waals surface area (Å²) in [4.78, 5) is 2.10. The van der Waals surface area contributed by atoms with Crippen molar-refractivity contribution in [3.05, 3.63) is 12.2 Å². The van der Waals surface area contributed by atoms with Crippen molar-refractivity contribution in [1.82, 2.24) is 4.90 Å². The van der Waals surface area contributed by atoms with Crippen LogP contribution in [0.2, 0.25) is 0 Å². The summed E-state index contributed by atoms with van der Waals surface area (Å²) in [7, 11) is 0. The maximum atomic E-state index is 5.30. The second kappa shape index (κ2) is 5.27. The number of rotatable bonds is 1. The molecule has 0 radical (unpaired) electrons. The predicted molar refractivity (Wildman–Crippen MR) is 28.4 cm³/mol. The molecule has 1 heterocycles. The van der Waals surface area contributed by atoms with Gasteiger partial charge in [-0.1, -0.05) is 0 Å². The van der Waals surface area contributed by atoms with E-state index in [-0.39, 0.29) is 58.2 Å². The fourth-order valence-corrected chi connectivity index (χ4v) is 0.591. The molecule has 0 bridgehead atoms. The molecule has 0 amide bonds. The summed E-state index contributed by atoms with van der Waals surface area (Å²) in [6.45, 7) is 2.55. The number of nitrogens with two attached hydrogens (primary N) is 1. The molecule has 1 rings (SSSR count). The van der Waals surface area contributed by atoms with Crippen molar-refractivity contribution in [3.63, 3.8) is 0 Å². The molecule has 2 nitrogen and oxygen atoms in total. The van der Waals surface area contributed by atoms with Crippen molar-refractivity contribution in [2.75, 3.05) is 19.8 Å². The summed E-state index contributed by atoms with van der Waals surface area (Å²) >= 11 is 0. The fourth-order valence-electron chi connectivity index (χ4n) is 0.591. The van der Waals surface area contributed by atoms with Crippen molar-refractivity contribution in [2.45, 2.75) is 0 Å². The molecule has 0 atom stereocenters. The first kappa shape index (κ1) is 9.47. The zero-order chi connectivity index (χ0) is 5.11. The van der Waals surface area contributed by atoms with Gasteiger partial charge < -0.3 is 16.7 Å². The quantitative estimate of drug-likeness (QED) is 0.428. The summed E-state index contributed by atoms with van der Waals surface area (Å²) in [6.07, 6.45) is 5.05. The summed E-state index contributed by atoms with van der Waals surface area (Å²) in [5.41, 5.74) is 5.30. The Morgan fingerprint density at radius 3 is 2.75 bits per heavy atom. The molecule has 0 aromatic rings. The van der Waals surface area contributed by atoms with Crippen LogP contribution in [0.5, 0.6) is 0 Å². The maximum absolute atomic E-state index is 5.30. The van der Waals surface area contributed by atoms with E-state index in [0.717, 1.165) is 13.1 Å². The smallest absolute Gasteiger partial charge is 0.485 e. The van der Waals surface area contributed by atoms with Crippen LogP contribution in [0.25, 0.3) is 0 Å². The van der Waals surface area contributed by atoms with Crippen molar-refractivity contribution < 1.29 is 58.2 Å². The van der Waals surface area contributed by atoms with Gasteiger partial charge in [0, 0.05) is 6.67 Å². The number of hydrogen-bond acceptors (Lipinski definition) is 2. The van der Waals surface area contributed by atoms with Gasteiger partial charge in [-0.3, -0.25) is 6.08 Å². The summed E-state index contributed by atoms with van der Waals surface area (Å²) in [5, 5.41) is 0. The van der Waals surface area contributed by atoms with Gasteiger partial charge in [-0.2, -0.15) is 0 Å². The van der Waals surface area contributed by atoms with E-state index >= 15 is 0 Å². The molecule has 40 valence electrons. The first-order valence-electron chi connectivity index (χ1n) is 2.41. The first-order chi connectivity index (χ1) is 3.43. The van der Waals surface area contributed by atoms with Crippen LogP contribution in [0.15, 0.2) is 6.08 Å². The zero-order valence-electron chi connectivity index (χ0n) is 5.22. The maximum Gasteiger partial charge on any atom is 1.00 e. The standard InChI is InChI=1S/C5H9N2.Rb/c6-5-7-3-1-2-4-7;/h1H,3-6H2;/q-1;+1. The molecule has 0 saturated heterocycles. The summed E-state index contributed by atoms with van der Waals surface area (Å²) < 4.78 is 0. The summed E-state index contributed by atoms with van der Waals surface area (Å²) in [5.74, 6) is 0. The Labute approximate surface area is 98.9 Å². The molecule has 8 heavy (non-hydrogen) atoms. The average Bonchev–Trinajstić information content (AvgIpc) is 2.14. The topological polar surface area (TPSA) is 29.3 Å². The molecule has 1 aliphatic rings. The molecule has 0 aliphatic carbocycles. The molecule has 2 N–H and O–H groups in total. The van der Waals surface area contributed by atoms with Crippen LogP contribution < -0.4 is 63.9 Å². The van der Waals surface area contributed by atoms with E-state index in [1.54, 1.807) is 0 Å². The zero-order valence-corrected chi connectivity index (χ0v) is 10.1. The third-order valence-electron chi connectivity index (χ3n) is 1.07. The van der Waals surface area contributed by atoms with Gasteiger partial charge in [-0.25, -0.2) is 0 Å². The van der Waals surface area contributed by atoms with Gasteiger partial charge in [-0.15, -0.1) is 6.54 Å². The minimum atomic E-state index is 0. The van der Waals surface area contributed by atoms with E-state index in [2.05, 4.69) is 11.0 Å². The van der Waals surface area contributed by atoms with Crippen molar-refractivity contribution >= 4 is 0 Å². The van der Waals surface area contributed by atoms with Crippen LogP contribution >= 0.6 is 0 Å². The Hall–Kier alpha value is 1.47. The average molecular weight is 183 g/mol. The van der Waals surface area contributed by atoms with Crippen molar-refractivity contribution in [2.24, 2.45) is 5.73 Å². The molecule has 0 saturated carbocycles. The van der Waals surface area contributed by atoms with E-state index in [4.69, 9.17) is 5.73 Å². The molecule has 1 aliphatic heterocycles. The van der Waals surface area contributed by atoms with Crippen LogP contribution in [-0.4, -0.2) is 24.7 Å². The molecule has 0 aromatic heterocycles. The molecule has 0 aromatic carbocycles. The Balaban J connectivity index is 0.000000490. The van der Waals surface area contributed by atoms with Gasteiger partial charge in [0.15, 0.2) is 0 Å². The van der Waals surface area contributed by atoms with Gasteiger partial charge >= 0.3 is 58.2 Å². The Bertz CT molecular complexity index is 74.5. The van der Waals surface area contributed by atoms with Gasteiger partial charge in [-0.05, 0) is 6.54 Å². The fraction of sp³-hybridized carbons (Fsp3) is 0.600. The molecular formula is C5H9N2Rb. The minimum absolute atomic E-state index is 0. The largest absolute Gasteiger partial charge is 1.00 e. The normalized spacial score (nSPS) is 18.6. The Kier molecular flexibility index (Phi) is 6.23. The molecule has 0 unspecified atom stereocenters. The number of hydrogen-bond donors (Lipinski definition) is 1. The first-order valence-corrected chi connectivity index (χ1v) is 2.41. The van der Waals surface area contributed by atoms with E-state index in [1.807, 2.05) is 6.08 Å². The molecule has 0 fully saturated rings. The van der Waals surface area contributed by atoms with Crippen LogP contribution in [-0.2, 0) is 0 Å². The molecule has 0 spiro atoms. The van der Waals surface area contributed by atoms with E-state index < -0.39 is 0 Å². The SMILES string of the molecule is NCN1C[C-]=CC1.[Rb+]. The monoisotopic (exact) mass is 182 g/mol. The number of nitrogens with zero attached hydrogens (tertiary/aromatic N) is 1. The van der Waals surface area contributed by atoms with Crippen LogP contribution in [0.4, 0.5) is 0 Å². The minimum Gasteiger partial charge on any atom is -0.485 e. The Morgan fingerprint density at radius 1 is 1.75 bits per heavy atom. The van der Waals surface area contributed by atoms with Crippen LogP contribution in [0, 0.1) is 6.08 Å². The predicted octanol–water partition coefficient (Wildman–Crippen LogP) is -3.42. The Morgan fingerprint density at radius 2 is 2.50 bits per heavy atom. The van der Waals surface area contributed by atoms with E-state index in [1.165, 1.54) is 0 Å². The summed E-state index contributed by atoms with van der Waals surface area (Å²) in [6, 6.07) is 0. The van der Waals surface area contributed by atoms with Gasteiger partial charge in [0.05, 0.1) is 0 Å². The molecular weight excluding hydrogens is 174 g/mol. The van der Waals surface area contributed by atoms with Gasteiger partial charge in [0.2, 0.25) is 0 Å². The van der Waals surface area contributed by atoms with Crippen molar-refractivity contribution in [1.29, 1.82) is 0 Å². The third-order valence-corrected chi connectivity index (χ3v) is 1.07. The van der Waals surface area contributed by atoms with E-state index in [9.17, 15) is 0 Å². The van der Waals surface area contributed by atoms with Gasteiger partial charge in [0.25, 0.3) is 0 Å². The van der Waals surface area contributed by atoms with E-state index in [0.29, 0.717) is 6.67 Å². The second-order valence-corrected chi connectivity index (χ2v) is 1.60. The van der Waals surface area contributed by atoms with Crippen LogP contribution in [0.3, 0.4) is 0 Å². The molecule has 3 heteroatoms. The third kappa shape index (κ3) is 2.85. The van der Waals surface area contributed by atoms with Crippen molar-refractivity contribution in [3.8, 4) is 0 Å². The van der Waals surface area contributed by atoms with Gasteiger partial charge in [0.1, 0.15) is 0 Å².